The summed E-state index contributed by atoms with van der Waals surface area (Å²) in [4.78, 5) is 40.5. The molecule has 2 aromatic heterocycles. The van der Waals surface area contributed by atoms with Gasteiger partial charge in [0.1, 0.15) is 17.8 Å². The van der Waals surface area contributed by atoms with Gasteiger partial charge in [-0.05, 0) is 36.4 Å². The van der Waals surface area contributed by atoms with Gasteiger partial charge >= 0.3 is 0 Å². The van der Waals surface area contributed by atoms with Crippen molar-refractivity contribution in [2.24, 2.45) is 0 Å². The van der Waals surface area contributed by atoms with Crippen molar-refractivity contribution in [3.8, 4) is 11.3 Å². The molecule has 3 aromatic carbocycles. The van der Waals surface area contributed by atoms with Gasteiger partial charge in [0.2, 0.25) is 5.91 Å². The van der Waals surface area contributed by atoms with Crippen molar-refractivity contribution in [2.45, 2.75) is 12.8 Å². The number of fused-ring (bicyclic) bond motifs is 1. The predicted octanol–water partition coefficient (Wildman–Crippen LogP) is 4.70. The molecule has 0 atom stereocenters. The smallest absolute Gasteiger partial charge is 0.270 e. The minimum atomic E-state index is -0.271. The third kappa shape index (κ3) is 5.39. The van der Waals surface area contributed by atoms with Crippen LogP contribution in [0, 0.1) is 0 Å². The number of para-hydroxylation sites is 2. The van der Waals surface area contributed by atoms with Crippen LogP contribution in [0.5, 0.6) is 0 Å². The predicted molar refractivity (Wildman–Crippen MR) is 137 cm³/mol. The van der Waals surface area contributed by atoms with Crippen LogP contribution in [-0.4, -0.2) is 25.8 Å². The summed E-state index contributed by atoms with van der Waals surface area (Å²) in [6.07, 6.45) is 1.93. The average Bonchev–Trinajstić information content (AvgIpc) is 2.89. The van der Waals surface area contributed by atoms with E-state index in [0.29, 0.717) is 28.2 Å². The van der Waals surface area contributed by atoms with Crippen molar-refractivity contribution >= 4 is 34.1 Å². The lowest BCUT2D eigenvalue weighted by Gasteiger charge is -2.09. The Balaban J connectivity index is 1.19. The zero-order chi connectivity index (χ0) is 24.0. The maximum atomic E-state index is 12.4. The number of nitrogens with one attached hydrogen (secondary N) is 3. The van der Waals surface area contributed by atoms with E-state index in [1.165, 1.54) is 6.33 Å². The number of aromatic nitrogens is 4. The summed E-state index contributed by atoms with van der Waals surface area (Å²) >= 11 is 0. The third-order valence-electron chi connectivity index (χ3n) is 5.44. The molecule has 0 radical (unpaired) electrons. The van der Waals surface area contributed by atoms with Crippen LogP contribution in [0.4, 0.5) is 17.2 Å². The number of anilines is 3. The molecule has 1 amide bonds. The molecule has 0 aliphatic carbocycles. The fourth-order valence-corrected chi connectivity index (χ4v) is 3.67. The second kappa shape index (κ2) is 9.96. The van der Waals surface area contributed by atoms with Crippen molar-refractivity contribution in [3.05, 3.63) is 107 Å². The van der Waals surface area contributed by atoms with Gasteiger partial charge in [-0.2, -0.15) is 0 Å². The first-order valence-electron chi connectivity index (χ1n) is 11.2. The van der Waals surface area contributed by atoms with Gasteiger partial charge in [-0.25, -0.2) is 15.0 Å². The zero-order valence-corrected chi connectivity index (χ0v) is 18.7. The standard InChI is InChI=1S/C27H22N6O2/c34-26(15-14-23-27(35)33-22-9-5-4-8-21(22)32-23)31-20-12-10-19(11-13-20)30-25-16-24(28-17-29-25)18-6-2-1-3-7-18/h1-13,16-17H,14-15H2,(H,31,34)(H,33,35)(H,28,29,30). The largest absolute Gasteiger partial charge is 0.340 e. The van der Waals surface area contributed by atoms with E-state index in [1.807, 2.05) is 66.7 Å². The van der Waals surface area contributed by atoms with Crippen LogP contribution < -0.4 is 16.2 Å². The molecule has 0 bridgehead atoms. The second-order valence-electron chi connectivity index (χ2n) is 7.93. The molecule has 0 aliphatic rings. The quantitative estimate of drug-likeness (QED) is 0.323. The molecule has 3 N–H and O–H groups in total. The number of carbonyl (C=O) groups is 1. The molecule has 0 fully saturated rings. The van der Waals surface area contributed by atoms with Gasteiger partial charge in [0.15, 0.2) is 0 Å². The normalized spacial score (nSPS) is 10.7. The van der Waals surface area contributed by atoms with Crippen molar-refractivity contribution in [3.63, 3.8) is 0 Å². The van der Waals surface area contributed by atoms with E-state index in [2.05, 4.69) is 30.6 Å². The van der Waals surface area contributed by atoms with Crippen LogP contribution in [-0.2, 0) is 11.2 Å². The van der Waals surface area contributed by atoms with Crippen molar-refractivity contribution in [1.29, 1.82) is 0 Å². The van der Waals surface area contributed by atoms with E-state index in [-0.39, 0.29) is 24.3 Å². The number of benzene rings is 3. The highest BCUT2D eigenvalue weighted by Gasteiger charge is 2.09. The Hall–Kier alpha value is -4.85. The van der Waals surface area contributed by atoms with Gasteiger partial charge in [-0.1, -0.05) is 42.5 Å². The van der Waals surface area contributed by atoms with Gasteiger partial charge in [0.25, 0.3) is 5.56 Å². The summed E-state index contributed by atoms with van der Waals surface area (Å²) in [7, 11) is 0. The van der Waals surface area contributed by atoms with E-state index in [1.54, 1.807) is 18.2 Å². The maximum absolute atomic E-state index is 12.4. The minimum Gasteiger partial charge on any atom is -0.340 e. The Bertz CT molecular complexity index is 1530. The summed E-state index contributed by atoms with van der Waals surface area (Å²) in [5.74, 6) is 0.479. The molecule has 0 aliphatic heterocycles. The number of aromatic amines is 1. The molecule has 35 heavy (non-hydrogen) atoms. The molecular weight excluding hydrogens is 440 g/mol. The highest BCUT2D eigenvalue weighted by Crippen LogP contribution is 2.22. The lowest BCUT2D eigenvalue weighted by Crippen LogP contribution is -2.19. The molecule has 0 spiro atoms. The molecule has 0 unspecified atom stereocenters. The molecule has 8 heteroatoms. The minimum absolute atomic E-state index is 0.150. The summed E-state index contributed by atoms with van der Waals surface area (Å²) in [6.45, 7) is 0. The van der Waals surface area contributed by atoms with Gasteiger partial charge in [-0.3, -0.25) is 9.59 Å². The summed E-state index contributed by atoms with van der Waals surface area (Å²) in [5.41, 5.74) is 4.78. The van der Waals surface area contributed by atoms with Gasteiger partial charge in [-0.15, -0.1) is 0 Å². The first-order valence-corrected chi connectivity index (χ1v) is 11.2. The van der Waals surface area contributed by atoms with E-state index < -0.39 is 0 Å². The summed E-state index contributed by atoms with van der Waals surface area (Å²) < 4.78 is 0. The Kier molecular flexibility index (Phi) is 6.25. The number of carbonyl (C=O) groups excluding carboxylic acids is 1. The van der Waals surface area contributed by atoms with Crippen molar-refractivity contribution in [2.75, 3.05) is 10.6 Å². The van der Waals surface area contributed by atoms with Gasteiger partial charge in [0.05, 0.1) is 16.7 Å². The number of H-pyrrole nitrogens is 1. The SMILES string of the molecule is O=C(CCc1nc2ccccc2[nH]c1=O)Nc1ccc(Nc2cc(-c3ccccc3)ncn2)cc1. The van der Waals surface area contributed by atoms with E-state index in [4.69, 9.17) is 0 Å². The fourth-order valence-electron chi connectivity index (χ4n) is 3.67. The topological polar surface area (TPSA) is 113 Å². The monoisotopic (exact) mass is 462 g/mol. The number of hydrogen-bond acceptors (Lipinski definition) is 6. The highest BCUT2D eigenvalue weighted by molar-refractivity contribution is 5.91. The molecule has 0 saturated carbocycles. The Morgan fingerprint density at radius 3 is 2.43 bits per heavy atom. The van der Waals surface area contributed by atoms with Crippen LogP contribution in [0.3, 0.4) is 0 Å². The van der Waals surface area contributed by atoms with E-state index in [9.17, 15) is 9.59 Å². The van der Waals surface area contributed by atoms with Crippen LogP contribution in [0.25, 0.3) is 22.3 Å². The Morgan fingerprint density at radius 2 is 1.60 bits per heavy atom. The lowest BCUT2D eigenvalue weighted by atomic mass is 10.1. The number of nitrogens with zero attached hydrogens (tertiary/aromatic N) is 3. The average molecular weight is 463 g/mol. The molecular formula is C27H22N6O2. The third-order valence-corrected chi connectivity index (χ3v) is 5.44. The first kappa shape index (κ1) is 22.0. The van der Waals surface area contributed by atoms with Crippen LogP contribution >= 0.6 is 0 Å². The zero-order valence-electron chi connectivity index (χ0n) is 18.7. The van der Waals surface area contributed by atoms with E-state index in [0.717, 1.165) is 16.9 Å². The van der Waals surface area contributed by atoms with Crippen LogP contribution in [0.2, 0.25) is 0 Å². The molecule has 2 heterocycles. The Labute approximate surface area is 201 Å². The van der Waals surface area contributed by atoms with Crippen LogP contribution in [0.1, 0.15) is 12.1 Å². The first-order chi connectivity index (χ1) is 17.1. The van der Waals surface area contributed by atoms with Gasteiger partial charge in [0, 0.05) is 35.8 Å². The van der Waals surface area contributed by atoms with Gasteiger partial charge < -0.3 is 15.6 Å². The number of hydrogen-bond donors (Lipinski definition) is 3. The second-order valence-corrected chi connectivity index (χ2v) is 7.93. The molecule has 5 aromatic rings. The lowest BCUT2D eigenvalue weighted by molar-refractivity contribution is -0.116. The number of amides is 1. The number of aryl methyl sites for hydroxylation is 1. The molecule has 5 rings (SSSR count). The molecule has 8 nitrogen and oxygen atoms in total. The summed E-state index contributed by atoms with van der Waals surface area (Å²) in [5, 5.41) is 6.11. The van der Waals surface area contributed by atoms with Crippen LogP contribution in [0.15, 0.2) is 96.1 Å². The van der Waals surface area contributed by atoms with Crippen molar-refractivity contribution in [1.82, 2.24) is 19.9 Å². The maximum Gasteiger partial charge on any atom is 0.270 e. The van der Waals surface area contributed by atoms with E-state index >= 15 is 0 Å². The summed E-state index contributed by atoms with van der Waals surface area (Å²) in [6, 6.07) is 26.4. The molecule has 172 valence electrons. The number of rotatable bonds is 7. The highest BCUT2D eigenvalue weighted by atomic mass is 16.1. The molecule has 0 saturated heterocycles. The fraction of sp³-hybridized carbons (Fsp3) is 0.0741. The Morgan fingerprint density at radius 1 is 0.857 bits per heavy atom. The van der Waals surface area contributed by atoms with Crippen molar-refractivity contribution < 1.29 is 4.79 Å².